The van der Waals surface area contributed by atoms with Crippen molar-refractivity contribution in [3.63, 3.8) is 0 Å². The smallest absolute Gasteiger partial charge is 0.369 e. The molecular formula is C10H9ClF6N4. The first-order valence-corrected chi connectivity index (χ1v) is 4.92. The van der Waals surface area contributed by atoms with Crippen molar-refractivity contribution in [2.45, 2.75) is 12.4 Å². The lowest BCUT2D eigenvalue weighted by Gasteiger charge is -2.13. The molecule has 0 aliphatic carbocycles. The summed E-state index contributed by atoms with van der Waals surface area (Å²) in [5.41, 5.74) is 6.32. The molecule has 4 N–H and O–H groups in total. The van der Waals surface area contributed by atoms with E-state index in [1.807, 2.05) is 0 Å². The second-order valence-corrected chi connectivity index (χ2v) is 3.57. The van der Waals surface area contributed by atoms with Crippen molar-refractivity contribution in [3.8, 4) is 0 Å². The van der Waals surface area contributed by atoms with Gasteiger partial charge >= 0.3 is 12.4 Å². The first-order chi connectivity index (χ1) is 9.01. The lowest BCUT2D eigenvalue weighted by atomic mass is 10.0. The third-order valence-corrected chi connectivity index (χ3v) is 2.06. The van der Waals surface area contributed by atoms with Gasteiger partial charge in [0.05, 0.1) is 17.3 Å². The van der Waals surface area contributed by atoms with Crippen molar-refractivity contribution >= 4 is 24.6 Å². The van der Waals surface area contributed by atoms with E-state index in [0.717, 1.165) is 0 Å². The van der Waals surface area contributed by atoms with Crippen LogP contribution in [0.4, 0.5) is 26.3 Å². The van der Waals surface area contributed by atoms with Crippen molar-refractivity contribution in [2.75, 3.05) is 0 Å². The Hall–Kier alpha value is -1.97. The molecule has 0 saturated carbocycles. The summed E-state index contributed by atoms with van der Waals surface area (Å²) in [6, 6.07) is 1.14. The maximum Gasteiger partial charge on any atom is 0.417 e. The highest BCUT2D eigenvalue weighted by atomic mass is 35.5. The average molecular weight is 335 g/mol. The lowest BCUT2D eigenvalue weighted by molar-refractivity contribution is -0.143. The van der Waals surface area contributed by atoms with Gasteiger partial charge < -0.3 is 11.5 Å². The summed E-state index contributed by atoms with van der Waals surface area (Å²) in [6.45, 7) is 0. The number of nitrogens with two attached hydrogens (primary N) is 2. The molecule has 0 aliphatic rings. The van der Waals surface area contributed by atoms with Crippen LogP contribution in [0, 0.1) is 0 Å². The van der Waals surface area contributed by atoms with E-state index in [2.05, 4.69) is 10.2 Å². The maximum absolute atomic E-state index is 12.7. The van der Waals surface area contributed by atoms with Crippen LogP contribution >= 0.6 is 12.4 Å². The molecule has 0 bridgehead atoms. The molecule has 0 fully saturated rings. The SMILES string of the molecule is Cl.NC(N)=NN=Cc1ccc(C(F)(F)F)cc1C(F)(F)F. The molecule has 0 atom stereocenters. The highest BCUT2D eigenvalue weighted by Crippen LogP contribution is 2.36. The fourth-order valence-corrected chi connectivity index (χ4v) is 1.25. The Morgan fingerprint density at radius 3 is 2.00 bits per heavy atom. The summed E-state index contributed by atoms with van der Waals surface area (Å²) in [5.74, 6) is -0.498. The molecule has 0 saturated heterocycles. The molecule has 21 heavy (non-hydrogen) atoms. The minimum atomic E-state index is -4.97. The van der Waals surface area contributed by atoms with Gasteiger partial charge in [0, 0.05) is 5.56 Å². The zero-order chi connectivity index (χ0) is 15.6. The molecule has 0 unspecified atom stereocenters. The van der Waals surface area contributed by atoms with Crippen LogP contribution in [0.15, 0.2) is 28.4 Å². The molecule has 11 heteroatoms. The molecule has 118 valence electrons. The van der Waals surface area contributed by atoms with Gasteiger partial charge in [-0.25, -0.2) is 0 Å². The van der Waals surface area contributed by atoms with Gasteiger partial charge in [0.2, 0.25) is 5.96 Å². The summed E-state index contributed by atoms with van der Waals surface area (Å²) in [6.07, 6.45) is -9.24. The van der Waals surface area contributed by atoms with Gasteiger partial charge in [-0.05, 0) is 12.1 Å². The monoisotopic (exact) mass is 334 g/mol. The molecule has 1 aromatic carbocycles. The third kappa shape index (κ3) is 5.50. The van der Waals surface area contributed by atoms with Gasteiger partial charge in [0.15, 0.2) is 0 Å². The number of benzene rings is 1. The Kier molecular flexibility index (Phi) is 6.03. The summed E-state index contributed by atoms with van der Waals surface area (Å²) in [7, 11) is 0. The second kappa shape index (κ2) is 6.66. The zero-order valence-electron chi connectivity index (χ0n) is 10.0. The van der Waals surface area contributed by atoms with Crippen LogP contribution in [0.3, 0.4) is 0 Å². The van der Waals surface area contributed by atoms with Gasteiger partial charge in [0.25, 0.3) is 0 Å². The predicted molar refractivity (Wildman–Crippen MR) is 67.1 cm³/mol. The highest BCUT2D eigenvalue weighted by molar-refractivity contribution is 5.85. The second-order valence-electron chi connectivity index (χ2n) is 3.57. The van der Waals surface area contributed by atoms with E-state index in [0.29, 0.717) is 18.3 Å². The van der Waals surface area contributed by atoms with E-state index >= 15 is 0 Å². The van der Waals surface area contributed by atoms with Crippen molar-refractivity contribution in [1.29, 1.82) is 0 Å². The van der Waals surface area contributed by atoms with Crippen LogP contribution in [0.2, 0.25) is 0 Å². The Morgan fingerprint density at radius 2 is 1.57 bits per heavy atom. The molecule has 0 spiro atoms. The summed E-state index contributed by atoms with van der Waals surface area (Å²) in [5, 5.41) is 6.21. The Labute approximate surface area is 120 Å². The van der Waals surface area contributed by atoms with Crippen LogP contribution in [0.1, 0.15) is 16.7 Å². The Bertz CT molecular complexity index is 545. The Balaban J connectivity index is 0.00000400. The molecule has 0 radical (unpaired) electrons. The topological polar surface area (TPSA) is 76.8 Å². The van der Waals surface area contributed by atoms with Crippen LogP contribution in [-0.4, -0.2) is 12.2 Å². The molecule has 0 heterocycles. The number of nitrogens with zero attached hydrogens (tertiary/aromatic N) is 2. The van der Waals surface area contributed by atoms with Gasteiger partial charge in [0.1, 0.15) is 0 Å². The van der Waals surface area contributed by atoms with E-state index in [9.17, 15) is 26.3 Å². The third-order valence-electron chi connectivity index (χ3n) is 2.06. The number of guanidine groups is 1. The van der Waals surface area contributed by atoms with E-state index < -0.39 is 35.0 Å². The minimum Gasteiger partial charge on any atom is -0.369 e. The van der Waals surface area contributed by atoms with E-state index in [1.54, 1.807) is 0 Å². The molecule has 1 aromatic rings. The number of rotatable bonds is 2. The molecule has 0 amide bonds. The summed E-state index contributed by atoms with van der Waals surface area (Å²) >= 11 is 0. The van der Waals surface area contributed by atoms with Crippen molar-refractivity contribution in [2.24, 2.45) is 21.7 Å². The molecule has 1 rings (SSSR count). The van der Waals surface area contributed by atoms with E-state index in [1.165, 1.54) is 0 Å². The molecule has 0 aromatic heterocycles. The fraction of sp³-hybridized carbons (Fsp3) is 0.200. The fourth-order valence-electron chi connectivity index (χ4n) is 1.25. The van der Waals surface area contributed by atoms with Crippen molar-refractivity contribution in [3.05, 3.63) is 34.9 Å². The normalized spacial score (nSPS) is 12.1. The maximum atomic E-state index is 12.7. The number of hydrogen-bond donors (Lipinski definition) is 2. The van der Waals surface area contributed by atoms with Crippen molar-refractivity contribution in [1.82, 2.24) is 0 Å². The number of halogens is 7. The number of hydrogen-bond acceptors (Lipinski definition) is 2. The van der Waals surface area contributed by atoms with Crippen LogP contribution in [0.25, 0.3) is 0 Å². The van der Waals surface area contributed by atoms with E-state index in [4.69, 9.17) is 11.5 Å². The van der Waals surface area contributed by atoms with Crippen LogP contribution in [0.5, 0.6) is 0 Å². The molecular weight excluding hydrogens is 326 g/mol. The highest BCUT2D eigenvalue weighted by Gasteiger charge is 2.37. The largest absolute Gasteiger partial charge is 0.417 e. The first-order valence-electron chi connectivity index (χ1n) is 4.92. The predicted octanol–water partition coefficient (Wildman–Crippen LogP) is 2.75. The standard InChI is InChI=1S/C10H8F6N4.ClH/c11-9(12,13)6-2-1-5(4-19-20-8(17)18)7(3-6)10(14,15)16;/h1-4H,(H4,17,18,20);1H. The lowest BCUT2D eigenvalue weighted by Crippen LogP contribution is -2.21. The summed E-state index contributed by atoms with van der Waals surface area (Å²) < 4.78 is 75.2. The Morgan fingerprint density at radius 1 is 1.00 bits per heavy atom. The minimum absolute atomic E-state index is 0. The van der Waals surface area contributed by atoms with Gasteiger partial charge in [-0.2, -0.15) is 31.4 Å². The van der Waals surface area contributed by atoms with Gasteiger partial charge in [-0.15, -0.1) is 17.5 Å². The van der Waals surface area contributed by atoms with E-state index in [-0.39, 0.29) is 18.5 Å². The van der Waals surface area contributed by atoms with Gasteiger partial charge in [-0.3, -0.25) is 0 Å². The molecule has 0 aliphatic heterocycles. The van der Waals surface area contributed by atoms with Crippen molar-refractivity contribution < 1.29 is 26.3 Å². The number of alkyl halides is 6. The zero-order valence-corrected chi connectivity index (χ0v) is 10.9. The summed E-state index contributed by atoms with van der Waals surface area (Å²) in [4.78, 5) is 0. The average Bonchev–Trinajstić information content (AvgIpc) is 2.25. The van der Waals surface area contributed by atoms with Crippen LogP contribution in [-0.2, 0) is 12.4 Å². The van der Waals surface area contributed by atoms with Crippen LogP contribution < -0.4 is 11.5 Å². The quantitative estimate of drug-likeness (QED) is 0.377. The molecule has 4 nitrogen and oxygen atoms in total. The first kappa shape index (κ1) is 19.0. The van der Waals surface area contributed by atoms with Gasteiger partial charge in [-0.1, -0.05) is 6.07 Å².